The summed E-state index contributed by atoms with van der Waals surface area (Å²) in [5.74, 6) is -2.64. The molecule has 0 bridgehead atoms. The van der Waals surface area contributed by atoms with Crippen LogP contribution in [-0.2, 0) is 22.6 Å². The lowest BCUT2D eigenvalue weighted by Gasteiger charge is -2.48. The standard InChI is InChI=1S/C26H28F5N5O2S/c1-35(2)25(10-7-18-5-3-6-19(13-18)26(29,30)31)9-4-12-36(16-25)20-14-21(27)24(22(28)15-20)39(37,38)34-23-8-11-32-17-33-23/h3,5-6,8,11,13-15,17H,4,7,9-10,12,16H2,1-2H3,(H,32,33,34)/t25-/m0/s1. The summed E-state index contributed by atoms with van der Waals surface area (Å²) in [5.41, 5.74) is -0.472. The Morgan fingerprint density at radius 2 is 1.82 bits per heavy atom. The fourth-order valence-corrected chi connectivity index (χ4v) is 6.06. The smallest absolute Gasteiger partial charge is 0.370 e. The molecule has 4 rings (SSSR count). The molecule has 2 aromatic carbocycles. The number of likely N-dealkylation sites (N-methyl/N-ethyl adjacent to an activating group) is 1. The second kappa shape index (κ2) is 11.0. The first-order valence-corrected chi connectivity index (χ1v) is 13.7. The monoisotopic (exact) mass is 569 g/mol. The summed E-state index contributed by atoms with van der Waals surface area (Å²) in [6.07, 6.45) is 0.224. The molecule has 39 heavy (non-hydrogen) atoms. The van der Waals surface area contributed by atoms with Gasteiger partial charge in [-0.25, -0.2) is 27.2 Å². The molecule has 0 unspecified atom stereocenters. The number of sulfonamides is 1. The number of aryl methyl sites for hydroxylation is 1. The van der Waals surface area contributed by atoms with Crippen molar-refractivity contribution >= 4 is 21.5 Å². The highest BCUT2D eigenvalue weighted by Crippen LogP contribution is 2.36. The lowest BCUT2D eigenvalue weighted by atomic mass is 9.82. The highest BCUT2D eigenvalue weighted by atomic mass is 32.2. The van der Waals surface area contributed by atoms with Crippen LogP contribution in [0.4, 0.5) is 33.5 Å². The molecular weight excluding hydrogens is 541 g/mol. The van der Waals surface area contributed by atoms with Gasteiger partial charge in [-0.2, -0.15) is 13.2 Å². The molecule has 1 atom stereocenters. The van der Waals surface area contributed by atoms with Crippen molar-refractivity contribution in [1.82, 2.24) is 14.9 Å². The number of nitrogens with zero attached hydrogens (tertiary/aromatic N) is 4. The number of anilines is 2. The zero-order valence-corrected chi connectivity index (χ0v) is 22.2. The number of rotatable bonds is 8. The van der Waals surface area contributed by atoms with Gasteiger partial charge >= 0.3 is 6.18 Å². The molecule has 1 N–H and O–H groups in total. The summed E-state index contributed by atoms with van der Waals surface area (Å²) in [6.45, 7) is 0.826. The molecule has 0 amide bonds. The first-order valence-electron chi connectivity index (χ1n) is 12.2. The van der Waals surface area contributed by atoms with Gasteiger partial charge in [0.1, 0.15) is 23.8 Å². The number of piperidine rings is 1. The Labute approximate surface area is 223 Å². The first-order chi connectivity index (χ1) is 18.3. The summed E-state index contributed by atoms with van der Waals surface area (Å²) in [5, 5.41) is 0. The van der Waals surface area contributed by atoms with Gasteiger partial charge in [0.2, 0.25) is 0 Å². The number of halogens is 5. The van der Waals surface area contributed by atoms with E-state index in [1.165, 1.54) is 18.3 Å². The molecule has 1 aromatic heterocycles. The van der Waals surface area contributed by atoms with Crippen molar-refractivity contribution in [3.05, 3.63) is 77.8 Å². The zero-order chi connectivity index (χ0) is 28.4. The van der Waals surface area contributed by atoms with E-state index in [0.717, 1.165) is 37.0 Å². The summed E-state index contributed by atoms with van der Waals surface area (Å²) in [4.78, 5) is 10.0. The van der Waals surface area contributed by atoms with Crippen molar-refractivity contribution in [2.45, 2.75) is 42.3 Å². The van der Waals surface area contributed by atoms with Crippen LogP contribution in [-0.4, -0.2) is 56.0 Å². The normalized spacial score (nSPS) is 18.4. The average Bonchev–Trinajstić information content (AvgIpc) is 2.87. The second-order valence-corrected chi connectivity index (χ2v) is 11.4. The molecule has 1 aliphatic rings. The Hall–Kier alpha value is -3.32. The molecule has 210 valence electrons. The summed E-state index contributed by atoms with van der Waals surface area (Å²) >= 11 is 0. The van der Waals surface area contributed by atoms with Crippen LogP contribution in [0.5, 0.6) is 0 Å². The zero-order valence-electron chi connectivity index (χ0n) is 21.3. The number of hydrogen-bond acceptors (Lipinski definition) is 6. The molecule has 2 heterocycles. The minimum Gasteiger partial charge on any atom is -0.370 e. The van der Waals surface area contributed by atoms with E-state index in [1.807, 2.05) is 23.7 Å². The van der Waals surface area contributed by atoms with Gasteiger partial charge in [-0.05, 0) is 69.6 Å². The fraction of sp³-hybridized carbons (Fsp3) is 0.385. The third kappa shape index (κ3) is 6.47. The molecule has 7 nitrogen and oxygen atoms in total. The number of aromatic nitrogens is 2. The quantitative estimate of drug-likeness (QED) is 0.380. The molecule has 1 aliphatic heterocycles. The van der Waals surface area contributed by atoms with Gasteiger partial charge in [0, 0.05) is 30.5 Å². The molecule has 0 spiro atoms. The molecule has 13 heteroatoms. The van der Waals surface area contributed by atoms with Crippen LogP contribution in [0.15, 0.2) is 59.9 Å². The van der Waals surface area contributed by atoms with Crippen LogP contribution in [0.3, 0.4) is 0 Å². The number of alkyl halides is 3. The van der Waals surface area contributed by atoms with Gasteiger partial charge in [-0.3, -0.25) is 4.72 Å². The summed E-state index contributed by atoms with van der Waals surface area (Å²) in [7, 11) is -0.876. The average molecular weight is 570 g/mol. The third-order valence-electron chi connectivity index (χ3n) is 7.08. The van der Waals surface area contributed by atoms with Gasteiger partial charge < -0.3 is 9.80 Å². The van der Waals surface area contributed by atoms with Crippen molar-refractivity contribution < 1.29 is 30.4 Å². The van der Waals surface area contributed by atoms with Crippen molar-refractivity contribution in [3.8, 4) is 0 Å². The van der Waals surface area contributed by atoms with E-state index in [0.29, 0.717) is 37.9 Å². The molecular formula is C26H28F5N5O2S. The predicted octanol–water partition coefficient (Wildman–Crippen LogP) is 5.11. The van der Waals surface area contributed by atoms with E-state index in [-0.39, 0.29) is 11.5 Å². The van der Waals surface area contributed by atoms with Gasteiger partial charge in [-0.1, -0.05) is 18.2 Å². The minimum absolute atomic E-state index is 0.138. The Morgan fingerprint density at radius 1 is 1.10 bits per heavy atom. The molecule has 0 saturated carbocycles. The first kappa shape index (κ1) is 28.7. The van der Waals surface area contributed by atoms with Gasteiger partial charge in [-0.15, -0.1) is 0 Å². The lowest BCUT2D eigenvalue weighted by molar-refractivity contribution is -0.137. The van der Waals surface area contributed by atoms with E-state index in [1.54, 1.807) is 11.0 Å². The van der Waals surface area contributed by atoms with Crippen LogP contribution in [0, 0.1) is 11.6 Å². The summed E-state index contributed by atoms with van der Waals surface area (Å²) < 4.78 is 97.1. The highest BCUT2D eigenvalue weighted by molar-refractivity contribution is 7.92. The van der Waals surface area contributed by atoms with Crippen LogP contribution in [0.2, 0.25) is 0 Å². The van der Waals surface area contributed by atoms with Crippen LogP contribution < -0.4 is 9.62 Å². The summed E-state index contributed by atoms with van der Waals surface area (Å²) in [6, 6.07) is 8.42. The maximum atomic E-state index is 15.1. The van der Waals surface area contributed by atoms with Crippen LogP contribution >= 0.6 is 0 Å². The van der Waals surface area contributed by atoms with Crippen LogP contribution in [0.25, 0.3) is 0 Å². The maximum absolute atomic E-state index is 15.1. The van der Waals surface area contributed by atoms with Crippen molar-refractivity contribution in [3.63, 3.8) is 0 Å². The number of nitrogens with one attached hydrogen (secondary N) is 1. The predicted molar refractivity (Wildman–Crippen MR) is 137 cm³/mol. The SMILES string of the molecule is CN(C)[C@]1(CCc2cccc(C(F)(F)F)c2)CCCN(c2cc(F)c(S(=O)(=O)Nc3ccncn3)c(F)c2)C1. The molecule has 1 fully saturated rings. The van der Waals surface area contributed by atoms with Crippen molar-refractivity contribution in [2.24, 2.45) is 0 Å². The Bertz CT molecular complexity index is 1400. The van der Waals surface area contributed by atoms with Gasteiger partial charge in [0.25, 0.3) is 10.0 Å². The molecule has 1 saturated heterocycles. The van der Waals surface area contributed by atoms with E-state index in [2.05, 4.69) is 9.97 Å². The van der Waals surface area contributed by atoms with Crippen molar-refractivity contribution in [2.75, 3.05) is 36.8 Å². The second-order valence-electron chi connectivity index (χ2n) is 9.78. The lowest BCUT2D eigenvalue weighted by Crippen LogP contribution is -2.56. The Morgan fingerprint density at radius 3 is 2.44 bits per heavy atom. The van der Waals surface area contributed by atoms with Gasteiger partial charge in [0.15, 0.2) is 4.90 Å². The van der Waals surface area contributed by atoms with E-state index < -0.39 is 43.8 Å². The maximum Gasteiger partial charge on any atom is 0.416 e. The fourth-order valence-electron chi connectivity index (χ4n) is 4.93. The highest BCUT2D eigenvalue weighted by Gasteiger charge is 2.38. The van der Waals surface area contributed by atoms with E-state index in [9.17, 15) is 21.6 Å². The van der Waals surface area contributed by atoms with E-state index in [4.69, 9.17) is 0 Å². The number of hydrogen-bond donors (Lipinski definition) is 1. The Kier molecular flexibility index (Phi) is 8.12. The third-order valence-corrected chi connectivity index (χ3v) is 8.48. The largest absolute Gasteiger partial charge is 0.416 e. The molecule has 0 aliphatic carbocycles. The van der Waals surface area contributed by atoms with Crippen LogP contribution in [0.1, 0.15) is 30.4 Å². The topological polar surface area (TPSA) is 78.4 Å². The molecule has 0 radical (unpaired) electrons. The van der Waals surface area contributed by atoms with E-state index >= 15 is 8.78 Å². The minimum atomic E-state index is -4.61. The van der Waals surface area contributed by atoms with Gasteiger partial charge in [0.05, 0.1) is 5.56 Å². The number of benzene rings is 2. The van der Waals surface area contributed by atoms with Crippen molar-refractivity contribution in [1.29, 1.82) is 0 Å². The Balaban J connectivity index is 1.56. The molecule has 3 aromatic rings.